The Balaban J connectivity index is 1.27. The van der Waals surface area contributed by atoms with Crippen molar-refractivity contribution >= 4 is 22.9 Å². The first-order chi connectivity index (χ1) is 17.1. The van der Waals surface area contributed by atoms with Gasteiger partial charge in [-0.1, -0.05) is 12.1 Å². The number of fused-ring (bicyclic) bond motifs is 1. The topological polar surface area (TPSA) is 75.5 Å². The van der Waals surface area contributed by atoms with Gasteiger partial charge in [-0.05, 0) is 55.5 Å². The molecule has 1 aliphatic rings. The molecule has 3 heterocycles. The van der Waals surface area contributed by atoms with Crippen LogP contribution in [0.3, 0.4) is 0 Å². The number of halogens is 1. The van der Waals surface area contributed by atoms with Crippen LogP contribution in [0, 0.1) is 5.82 Å². The molecule has 1 N–H and O–H groups in total. The standard InChI is InChI=1S/C26H27FN6O2/c1-2-35-23-8-4-3-6-21(23)30-26(34)32-16-14-31(15-17-32)18-24-29-22-7-5-13-28-25(22)33(24)20-11-9-19(27)10-12-20/h3-13H,2,14-18H2,1H3,(H,30,34). The van der Waals surface area contributed by atoms with Gasteiger partial charge in [0.05, 0.1) is 18.8 Å². The first kappa shape index (κ1) is 22.8. The second-order valence-corrected chi connectivity index (χ2v) is 8.31. The maximum absolute atomic E-state index is 13.5. The summed E-state index contributed by atoms with van der Waals surface area (Å²) >= 11 is 0. The lowest BCUT2D eigenvalue weighted by atomic mass is 10.2. The molecule has 0 spiro atoms. The largest absolute Gasteiger partial charge is 0.492 e. The van der Waals surface area contributed by atoms with E-state index in [0.717, 1.165) is 22.7 Å². The first-order valence-corrected chi connectivity index (χ1v) is 11.7. The van der Waals surface area contributed by atoms with Gasteiger partial charge in [0.1, 0.15) is 22.9 Å². The van der Waals surface area contributed by atoms with E-state index in [1.165, 1.54) is 12.1 Å². The number of amides is 2. The molecule has 5 rings (SSSR count). The number of hydrogen-bond donors (Lipinski definition) is 1. The third-order valence-electron chi connectivity index (χ3n) is 6.02. The molecule has 1 fully saturated rings. The number of ether oxygens (including phenoxy) is 1. The molecule has 9 heteroatoms. The van der Waals surface area contributed by atoms with Gasteiger partial charge in [0.25, 0.3) is 0 Å². The number of hydrogen-bond acceptors (Lipinski definition) is 5. The van der Waals surface area contributed by atoms with E-state index < -0.39 is 0 Å². The summed E-state index contributed by atoms with van der Waals surface area (Å²) in [4.78, 5) is 26.2. The number of imidazole rings is 1. The van der Waals surface area contributed by atoms with Crippen molar-refractivity contribution in [2.45, 2.75) is 13.5 Å². The van der Waals surface area contributed by atoms with Crippen molar-refractivity contribution in [3.63, 3.8) is 0 Å². The van der Waals surface area contributed by atoms with Gasteiger partial charge in [0.2, 0.25) is 0 Å². The molecule has 2 aromatic carbocycles. The van der Waals surface area contributed by atoms with E-state index in [1.54, 1.807) is 18.3 Å². The van der Waals surface area contributed by atoms with Gasteiger partial charge in [-0.2, -0.15) is 0 Å². The number of nitrogens with one attached hydrogen (secondary N) is 1. The Labute approximate surface area is 203 Å². The molecule has 0 bridgehead atoms. The van der Waals surface area contributed by atoms with Crippen LogP contribution in [0.4, 0.5) is 14.9 Å². The summed E-state index contributed by atoms with van der Waals surface area (Å²) < 4.78 is 21.1. The van der Waals surface area contributed by atoms with E-state index >= 15 is 0 Å². The molecule has 180 valence electrons. The van der Waals surface area contributed by atoms with E-state index in [-0.39, 0.29) is 11.8 Å². The van der Waals surface area contributed by atoms with Crippen LogP contribution < -0.4 is 10.1 Å². The SMILES string of the molecule is CCOc1ccccc1NC(=O)N1CCN(Cc2nc3cccnc3n2-c2ccc(F)cc2)CC1. The summed E-state index contributed by atoms with van der Waals surface area (Å²) in [5.41, 5.74) is 3.01. The predicted molar refractivity (Wildman–Crippen MR) is 132 cm³/mol. The van der Waals surface area contributed by atoms with Crippen molar-refractivity contribution in [2.24, 2.45) is 0 Å². The molecule has 0 atom stereocenters. The van der Waals surface area contributed by atoms with Gasteiger partial charge in [0, 0.05) is 38.1 Å². The lowest BCUT2D eigenvalue weighted by Gasteiger charge is -2.34. The molecule has 2 amide bonds. The van der Waals surface area contributed by atoms with Crippen molar-refractivity contribution in [2.75, 3.05) is 38.1 Å². The molecule has 8 nitrogen and oxygen atoms in total. The highest BCUT2D eigenvalue weighted by atomic mass is 19.1. The highest BCUT2D eigenvalue weighted by molar-refractivity contribution is 5.91. The van der Waals surface area contributed by atoms with Crippen molar-refractivity contribution in [1.29, 1.82) is 0 Å². The zero-order valence-electron chi connectivity index (χ0n) is 19.5. The number of nitrogens with zero attached hydrogens (tertiary/aromatic N) is 5. The van der Waals surface area contributed by atoms with Crippen LogP contribution in [0.5, 0.6) is 5.75 Å². The molecular formula is C26H27FN6O2. The maximum Gasteiger partial charge on any atom is 0.322 e. The minimum atomic E-state index is -0.286. The van der Waals surface area contributed by atoms with Crippen LogP contribution in [-0.2, 0) is 6.54 Å². The molecule has 0 unspecified atom stereocenters. The second kappa shape index (κ2) is 10.1. The van der Waals surface area contributed by atoms with E-state index in [4.69, 9.17) is 9.72 Å². The molecule has 35 heavy (non-hydrogen) atoms. The van der Waals surface area contributed by atoms with Crippen molar-refractivity contribution in [3.05, 3.63) is 78.5 Å². The van der Waals surface area contributed by atoms with Crippen LogP contribution in [0.15, 0.2) is 66.9 Å². The average Bonchev–Trinajstić information content (AvgIpc) is 3.24. The zero-order valence-corrected chi connectivity index (χ0v) is 19.5. The molecule has 0 saturated carbocycles. The molecule has 1 aliphatic heterocycles. The molecule has 2 aromatic heterocycles. The third kappa shape index (κ3) is 4.95. The van der Waals surface area contributed by atoms with Gasteiger partial charge >= 0.3 is 6.03 Å². The van der Waals surface area contributed by atoms with Gasteiger partial charge < -0.3 is 15.0 Å². The number of pyridine rings is 1. The fourth-order valence-electron chi connectivity index (χ4n) is 4.28. The van der Waals surface area contributed by atoms with E-state index in [2.05, 4.69) is 15.2 Å². The summed E-state index contributed by atoms with van der Waals surface area (Å²) in [6, 6.07) is 17.4. The Hall–Kier alpha value is -3.98. The van der Waals surface area contributed by atoms with Crippen LogP contribution in [0.25, 0.3) is 16.9 Å². The molecule has 4 aromatic rings. The van der Waals surface area contributed by atoms with E-state index in [0.29, 0.717) is 50.8 Å². The van der Waals surface area contributed by atoms with Gasteiger partial charge in [-0.3, -0.25) is 9.47 Å². The summed E-state index contributed by atoms with van der Waals surface area (Å²) in [6.45, 7) is 5.65. The second-order valence-electron chi connectivity index (χ2n) is 8.31. The Morgan fingerprint density at radius 3 is 2.57 bits per heavy atom. The number of urea groups is 1. The van der Waals surface area contributed by atoms with Crippen LogP contribution in [0.2, 0.25) is 0 Å². The minimum Gasteiger partial charge on any atom is -0.492 e. The fraction of sp³-hybridized carbons (Fsp3) is 0.269. The fourth-order valence-corrected chi connectivity index (χ4v) is 4.28. The summed E-state index contributed by atoms with van der Waals surface area (Å²) in [5, 5.41) is 2.97. The highest BCUT2D eigenvalue weighted by Gasteiger charge is 2.24. The Kier molecular flexibility index (Phi) is 6.58. The van der Waals surface area contributed by atoms with Crippen LogP contribution in [-0.4, -0.2) is 63.2 Å². The van der Waals surface area contributed by atoms with E-state index in [9.17, 15) is 9.18 Å². The Morgan fingerprint density at radius 2 is 1.80 bits per heavy atom. The third-order valence-corrected chi connectivity index (χ3v) is 6.02. The predicted octanol–water partition coefficient (Wildman–Crippen LogP) is 4.31. The van der Waals surface area contributed by atoms with Gasteiger partial charge in [-0.25, -0.2) is 19.2 Å². The molecular weight excluding hydrogens is 447 g/mol. The number of anilines is 1. The number of rotatable bonds is 6. The molecule has 1 saturated heterocycles. The van der Waals surface area contributed by atoms with Gasteiger partial charge in [-0.15, -0.1) is 0 Å². The summed E-state index contributed by atoms with van der Waals surface area (Å²) in [7, 11) is 0. The Morgan fingerprint density at radius 1 is 1.03 bits per heavy atom. The zero-order chi connectivity index (χ0) is 24.2. The summed E-state index contributed by atoms with van der Waals surface area (Å²) in [6.07, 6.45) is 1.73. The smallest absolute Gasteiger partial charge is 0.322 e. The average molecular weight is 475 g/mol. The van der Waals surface area contributed by atoms with E-state index in [1.807, 2.05) is 52.8 Å². The number of piperazine rings is 1. The van der Waals surface area contributed by atoms with Crippen LogP contribution >= 0.6 is 0 Å². The normalized spacial score (nSPS) is 14.3. The lowest BCUT2D eigenvalue weighted by Crippen LogP contribution is -2.49. The molecule has 0 radical (unpaired) electrons. The van der Waals surface area contributed by atoms with Crippen molar-refractivity contribution in [3.8, 4) is 11.4 Å². The maximum atomic E-state index is 13.5. The monoisotopic (exact) mass is 474 g/mol. The molecule has 0 aliphatic carbocycles. The van der Waals surface area contributed by atoms with Gasteiger partial charge in [0.15, 0.2) is 5.65 Å². The number of carbonyl (C=O) groups is 1. The lowest BCUT2D eigenvalue weighted by molar-refractivity contribution is 0.140. The Bertz CT molecular complexity index is 1320. The number of aromatic nitrogens is 3. The number of para-hydroxylation sites is 2. The van der Waals surface area contributed by atoms with Crippen LogP contribution in [0.1, 0.15) is 12.7 Å². The number of benzene rings is 2. The summed E-state index contributed by atoms with van der Waals surface area (Å²) in [5.74, 6) is 1.20. The van der Waals surface area contributed by atoms with Crippen molar-refractivity contribution in [1.82, 2.24) is 24.3 Å². The minimum absolute atomic E-state index is 0.139. The number of carbonyl (C=O) groups excluding carboxylic acids is 1. The first-order valence-electron chi connectivity index (χ1n) is 11.7. The quantitative estimate of drug-likeness (QED) is 0.451. The highest BCUT2D eigenvalue weighted by Crippen LogP contribution is 2.25. The van der Waals surface area contributed by atoms with Crippen molar-refractivity contribution < 1.29 is 13.9 Å².